The van der Waals surface area contributed by atoms with Gasteiger partial charge in [-0.2, -0.15) is 5.26 Å². The fraction of sp³-hybridized carbons (Fsp3) is 0.308. The number of amides is 2. The lowest BCUT2D eigenvalue weighted by Crippen LogP contribution is -2.60. The van der Waals surface area contributed by atoms with Gasteiger partial charge in [-0.05, 0) is 37.5 Å². The third-order valence-corrected chi connectivity index (χ3v) is 3.32. The molecule has 2 amide bonds. The fourth-order valence-electron chi connectivity index (χ4n) is 2.01. The van der Waals surface area contributed by atoms with Crippen molar-refractivity contribution in [3.63, 3.8) is 0 Å². The van der Waals surface area contributed by atoms with Crippen molar-refractivity contribution >= 4 is 17.7 Å². The van der Waals surface area contributed by atoms with Gasteiger partial charge in [-0.15, -0.1) is 0 Å². The molecule has 1 saturated carbocycles. The second-order valence-electron chi connectivity index (χ2n) is 4.62. The van der Waals surface area contributed by atoms with Crippen LogP contribution in [0.15, 0.2) is 18.2 Å². The Balaban J connectivity index is 2.09. The molecule has 0 saturated heterocycles. The van der Waals surface area contributed by atoms with Crippen LogP contribution in [0.5, 0.6) is 0 Å². The molecule has 20 heavy (non-hydrogen) atoms. The topological polar surface area (TPSA) is 102 Å². The van der Waals surface area contributed by atoms with E-state index < -0.39 is 23.4 Å². The predicted molar refractivity (Wildman–Crippen MR) is 67.5 cm³/mol. The number of carboxylic acids is 1. The van der Waals surface area contributed by atoms with Gasteiger partial charge in [0.25, 0.3) is 0 Å². The lowest BCUT2D eigenvalue weighted by molar-refractivity contribution is -0.148. The molecule has 1 aromatic rings. The lowest BCUT2D eigenvalue weighted by Gasteiger charge is -2.38. The molecule has 6 nitrogen and oxygen atoms in total. The summed E-state index contributed by atoms with van der Waals surface area (Å²) in [5, 5.41) is 22.7. The van der Waals surface area contributed by atoms with Crippen LogP contribution in [-0.4, -0.2) is 22.6 Å². The normalized spacial score (nSPS) is 15.6. The van der Waals surface area contributed by atoms with Crippen LogP contribution in [0.4, 0.5) is 14.9 Å². The quantitative estimate of drug-likeness (QED) is 0.784. The lowest BCUT2D eigenvalue weighted by atomic mass is 9.77. The van der Waals surface area contributed by atoms with E-state index in [4.69, 9.17) is 10.4 Å². The van der Waals surface area contributed by atoms with Crippen LogP contribution < -0.4 is 10.6 Å². The smallest absolute Gasteiger partial charge is 0.329 e. The SMILES string of the molecule is N#Cc1cc(F)ccc1NC(=O)NC1(C(=O)O)CCC1. The molecular formula is C13H12FN3O3. The molecule has 0 unspecified atom stereocenters. The molecule has 0 radical (unpaired) electrons. The number of rotatable bonds is 3. The molecule has 1 fully saturated rings. The van der Waals surface area contributed by atoms with Gasteiger partial charge in [-0.1, -0.05) is 0 Å². The standard InChI is InChI=1S/C13H12FN3O3/c14-9-2-3-10(8(6-9)7-15)16-12(20)17-13(11(18)19)4-1-5-13/h2-3,6H,1,4-5H2,(H,18,19)(H2,16,17,20). The van der Waals surface area contributed by atoms with E-state index in [1.165, 1.54) is 6.07 Å². The first-order valence-electron chi connectivity index (χ1n) is 5.99. The number of nitrogens with one attached hydrogen (secondary N) is 2. The average Bonchev–Trinajstić information content (AvgIpc) is 2.35. The van der Waals surface area contributed by atoms with Crippen molar-refractivity contribution in [1.29, 1.82) is 5.26 Å². The average molecular weight is 277 g/mol. The predicted octanol–water partition coefficient (Wildman–Crippen LogP) is 1.83. The van der Waals surface area contributed by atoms with Gasteiger partial charge in [-0.25, -0.2) is 14.0 Å². The molecule has 0 bridgehead atoms. The number of hydrogen-bond donors (Lipinski definition) is 3. The van der Waals surface area contributed by atoms with Gasteiger partial charge in [0, 0.05) is 0 Å². The van der Waals surface area contributed by atoms with E-state index in [0.29, 0.717) is 12.8 Å². The molecular weight excluding hydrogens is 265 g/mol. The first-order chi connectivity index (χ1) is 9.47. The van der Waals surface area contributed by atoms with Crippen LogP contribution in [-0.2, 0) is 4.79 Å². The third-order valence-electron chi connectivity index (χ3n) is 3.32. The van der Waals surface area contributed by atoms with Crippen molar-refractivity contribution in [3.05, 3.63) is 29.6 Å². The third kappa shape index (κ3) is 2.54. The van der Waals surface area contributed by atoms with Crippen LogP contribution >= 0.6 is 0 Å². The van der Waals surface area contributed by atoms with E-state index in [1.54, 1.807) is 6.07 Å². The van der Waals surface area contributed by atoms with Crippen molar-refractivity contribution in [2.45, 2.75) is 24.8 Å². The van der Waals surface area contributed by atoms with E-state index in [-0.39, 0.29) is 11.3 Å². The minimum Gasteiger partial charge on any atom is -0.480 e. The first-order valence-corrected chi connectivity index (χ1v) is 5.99. The molecule has 0 spiro atoms. The zero-order chi connectivity index (χ0) is 14.8. The number of nitrogens with zero attached hydrogens (tertiary/aromatic N) is 1. The van der Waals surface area contributed by atoms with E-state index >= 15 is 0 Å². The maximum absolute atomic E-state index is 13.0. The molecule has 7 heteroatoms. The Labute approximate surface area is 114 Å². The van der Waals surface area contributed by atoms with Gasteiger partial charge in [0.1, 0.15) is 17.4 Å². The summed E-state index contributed by atoms with van der Waals surface area (Å²) in [4.78, 5) is 22.9. The highest BCUT2D eigenvalue weighted by Crippen LogP contribution is 2.32. The number of carbonyl (C=O) groups excluding carboxylic acids is 1. The largest absolute Gasteiger partial charge is 0.480 e. The zero-order valence-electron chi connectivity index (χ0n) is 10.4. The molecule has 3 N–H and O–H groups in total. The summed E-state index contributed by atoms with van der Waals surface area (Å²) in [6.07, 6.45) is 1.46. The first kappa shape index (κ1) is 13.8. The van der Waals surface area contributed by atoms with Gasteiger partial charge in [-0.3, -0.25) is 0 Å². The Morgan fingerprint density at radius 3 is 2.60 bits per heavy atom. The minimum absolute atomic E-state index is 0.0295. The summed E-state index contributed by atoms with van der Waals surface area (Å²) in [5.74, 6) is -1.67. The van der Waals surface area contributed by atoms with Gasteiger partial charge >= 0.3 is 12.0 Å². The maximum Gasteiger partial charge on any atom is 0.329 e. The summed E-state index contributed by atoms with van der Waals surface area (Å²) < 4.78 is 13.0. The van der Waals surface area contributed by atoms with E-state index in [0.717, 1.165) is 18.6 Å². The number of hydrogen-bond acceptors (Lipinski definition) is 3. The summed E-state index contributed by atoms with van der Waals surface area (Å²) in [7, 11) is 0. The highest BCUT2D eigenvalue weighted by Gasteiger charge is 2.45. The maximum atomic E-state index is 13.0. The second kappa shape index (κ2) is 5.17. The van der Waals surface area contributed by atoms with E-state index in [2.05, 4.69) is 10.6 Å². The number of carboxylic acid groups (broad SMARTS) is 1. The Morgan fingerprint density at radius 2 is 2.10 bits per heavy atom. The molecule has 104 valence electrons. The van der Waals surface area contributed by atoms with Crippen molar-refractivity contribution < 1.29 is 19.1 Å². The Morgan fingerprint density at radius 1 is 1.40 bits per heavy atom. The van der Waals surface area contributed by atoms with E-state index in [9.17, 15) is 14.0 Å². The number of urea groups is 1. The molecule has 1 aliphatic rings. The van der Waals surface area contributed by atoms with Crippen LogP contribution in [0, 0.1) is 17.1 Å². The molecule has 2 rings (SSSR count). The molecule has 1 aliphatic carbocycles. The number of anilines is 1. The summed E-state index contributed by atoms with van der Waals surface area (Å²) in [6, 6.07) is 4.38. The number of aliphatic carboxylic acids is 1. The Kier molecular flexibility index (Phi) is 3.57. The van der Waals surface area contributed by atoms with Crippen LogP contribution in [0.1, 0.15) is 24.8 Å². The summed E-state index contributed by atoms with van der Waals surface area (Å²) in [6.45, 7) is 0. The molecule has 0 aliphatic heterocycles. The Hall–Kier alpha value is -2.62. The number of carbonyl (C=O) groups is 2. The molecule has 1 aromatic carbocycles. The second-order valence-corrected chi connectivity index (χ2v) is 4.62. The fourth-order valence-corrected chi connectivity index (χ4v) is 2.01. The number of nitriles is 1. The minimum atomic E-state index is -1.24. The summed E-state index contributed by atoms with van der Waals surface area (Å²) >= 11 is 0. The van der Waals surface area contributed by atoms with Crippen LogP contribution in [0.25, 0.3) is 0 Å². The summed E-state index contributed by atoms with van der Waals surface area (Å²) in [5.41, 5.74) is -1.14. The van der Waals surface area contributed by atoms with Crippen molar-refractivity contribution in [1.82, 2.24) is 5.32 Å². The number of halogens is 1. The highest BCUT2D eigenvalue weighted by molar-refractivity contribution is 5.95. The molecule has 0 heterocycles. The highest BCUT2D eigenvalue weighted by atomic mass is 19.1. The van der Waals surface area contributed by atoms with Crippen LogP contribution in [0.3, 0.4) is 0 Å². The molecule has 0 atom stereocenters. The van der Waals surface area contributed by atoms with Gasteiger partial charge in [0.05, 0.1) is 11.3 Å². The monoisotopic (exact) mass is 277 g/mol. The van der Waals surface area contributed by atoms with Gasteiger partial charge < -0.3 is 15.7 Å². The van der Waals surface area contributed by atoms with Crippen molar-refractivity contribution in [2.24, 2.45) is 0 Å². The van der Waals surface area contributed by atoms with Crippen molar-refractivity contribution in [3.8, 4) is 6.07 Å². The van der Waals surface area contributed by atoms with Crippen LogP contribution in [0.2, 0.25) is 0 Å². The Bertz CT molecular complexity index is 605. The zero-order valence-corrected chi connectivity index (χ0v) is 10.4. The van der Waals surface area contributed by atoms with Gasteiger partial charge in [0.15, 0.2) is 0 Å². The molecule has 0 aromatic heterocycles. The van der Waals surface area contributed by atoms with Gasteiger partial charge in [0.2, 0.25) is 0 Å². The number of benzene rings is 1. The van der Waals surface area contributed by atoms with Crippen molar-refractivity contribution in [2.75, 3.05) is 5.32 Å². The van der Waals surface area contributed by atoms with E-state index in [1.807, 2.05) is 0 Å².